The molecule has 0 radical (unpaired) electrons. The predicted octanol–water partition coefficient (Wildman–Crippen LogP) is 7.02. The molecule has 0 aliphatic rings. The van der Waals surface area contributed by atoms with Crippen LogP contribution in [0.1, 0.15) is 11.1 Å². The van der Waals surface area contributed by atoms with Gasteiger partial charge in [-0.1, -0.05) is 60.7 Å². The molecule has 1 heterocycles. The van der Waals surface area contributed by atoms with E-state index in [9.17, 15) is 0 Å². The van der Waals surface area contributed by atoms with Crippen molar-refractivity contribution < 1.29 is 9.47 Å². The maximum atomic E-state index is 6.04. The van der Waals surface area contributed by atoms with Gasteiger partial charge in [0.2, 0.25) is 0 Å². The summed E-state index contributed by atoms with van der Waals surface area (Å²) in [6.07, 6.45) is 3.97. The monoisotopic (exact) mass is 458 g/mol. The Morgan fingerprint density at radius 1 is 0.848 bits per heavy atom. The number of nitrogens with one attached hydrogen (secondary N) is 1. The van der Waals surface area contributed by atoms with E-state index in [0.29, 0.717) is 6.61 Å². The molecule has 3 aromatic carbocycles. The highest BCUT2D eigenvalue weighted by atomic mass is 32.1. The highest BCUT2D eigenvalue weighted by molar-refractivity contribution is 7.80. The first-order chi connectivity index (χ1) is 16.1. The van der Waals surface area contributed by atoms with Gasteiger partial charge in [0.25, 0.3) is 0 Å². The molecule has 4 rings (SSSR count). The third kappa shape index (κ3) is 7.51. The quantitative estimate of drug-likeness (QED) is 0.316. The molecule has 0 atom stereocenters. The third-order valence-corrected chi connectivity index (χ3v) is 5.26. The van der Waals surface area contributed by atoms with Gasteiger partial charge in [0.15, 0.2) is 11.5 Å². The summed E-state index contributed by atoms with van der Waals surface area (Å²) < 4.78 is 13.4. The highest BCUT2D eigenvalue weighted by Gasteiger charge is 2.09. The van der Waals surface area contributed by atoms with Gasteiger partial charge in [-0.15, -0.1) is 12.6 Å². The second-order valence-corrected chi connectivity index (χ2v) is 7.98. The first-order valence-electron chi connectivity index (χ1n) is 10.7. The van der Waals surface area contributed by atoms with E-state index in [1.54, 1.807) is 7.11 Å². The molecule has 0 aliphatic heterocycles. The van der Waals surface area contributed by atoms with Crippen LogP contribution in [0.5, 0.6) is 11.5 Å². The van der Waals surface area contributed by atoms with Crippen molar-refractivity contribution in [2.75, 3.05) is 7.11 Å². The Morgan fingerprint density at radius 3 is 2.18 bits per heavy atom. The van der Waals surface area contributed by atoms with Gasteiger partial charge in [-0.2, -0.15) is 0 Å². The van der Waals surface area contributed by atoms with Crippen molar-refractivity contribution in [1.29, 1.82) is 0 Å². The number of rotatable bonds is 5. The van der Waals surface area contributed by atoms with E-state index in [-0.39, 0.29) is 0 Å². The number of aromatic nitrogens is 2. The summed E-state index contributed by atoms with van der Waals surface area (Å²) in [6, 6.07) is 30.0. The maximum absolute atomic E-state index is 6.04. The van der Waals surface area contributed by atoms with Gasteiger partial charge in [0.05, 0.1) is 7.11 Å². The molecule has 4 aromatic rings. The fraction of sp³-hybridized carbons (Fsp3) is 0.143. The van der Waals surface area contributed by atoms with E-state index >= 15 is 0 Å². The molecular formula is C28H30N2O2S. The molecule has 0 fully saturated rings. The number of methoxy groups -OCH3 is 1. The fourth-order valence-electron chi connectivity index (χ4n) is 3.16. The number of thiol groups is 1. The first-order valence-corrected chi connectivity index (χ1v) is 11.2. The van der Waals surface area contributed by atoms with Crippen LogP contribution in [0.4, 0.5) is 0 Å². The highest BCUT2D eigenvalue weighted by Crippen LogP contribution is 2.33. The van der Waals surface area contributed by atoms with Gasteiger partial charge >= 0.3 is 0 Å². The van der Waals surface area contributed by atoms with E-state index in [4.69, 9.17) is 9.47 Å². The van der Waals surface area contributed by atoms with E-state index in [1.807, 2.05) is 109 Å². The minimum Gasteiger partial charge on any atom is -0.493 e. The Morgan fingerprint density at radius 2 is 1.55 bits per heavy atom. The zero-order chi connectivity index (χ0) is 23.5. The van der Waals surface area contributed by atoms with E-state index in [1.165, 1.54) is 5.56 Å². The SMILES string of the molecule is COc1ccc(-c2c[nH]n(C)cccc2C)cc1OCc1ccccc1.Sc1ccccc1. The fourth-order valence-corrected chi connectivity index (χ4v) is 3.33. The summed E-state index contributed by atoms with van der Waals surface area (Å²) in [5, 5.41) is 3.24. The molecular weight excluding hydrogens is 428 g/mol. The molecule has 0 spiro atoms. The number of benzene rings is 3. The number of H-pyrrole nitrogens is 1. The van der Waals surface area contributed by atoms with Crippen molar-refractivity contribution >= 4 is 12.6 Å². The van der Waals surface area contributed by atoms with Gasteiger partial charge in [-0.3, -0.25) is 4.68 Å². The summed E-state index contributed by atoms with van der Waals surface area (Å²) in [5.74, 6) is 1.45. The lowest BCUT2D eigenvalue weighted by Gasteiger charge is -2.13. The van der Waals surface area contributed by atoms with Gasteiger partial charge in [0, 0.05) is 29.9 Å². The zero-order valence-corrected chi connectivity index (χ0v) is 20.1. The Hall–Kier alpha value is -3.57. The van der Waals surface area contributed by atoms with Crippen molar-refractivity contribution in [1.82, 2.24) is 9.78 Å². The predicted molar refractivity (Wildman–Crippen MR) is 139 cm³/mol. The minimum atomic E-state index is 0.498. The number of nitrogens with zero attached hydrogens (tertiary/aromatic N) is 1. The van der Waals surface area contributed by atoms with Crippen LogP contribution in [0, 0.1) is 6.92 Å². The van der Waals surface area contributed by atoms with E-state index < -0.39 is 0 Å². The average molecular weight is 459 g/mol. The van der Waals surface area contributed by atoms with E-state index in [0.717, 1.165) is 33.1 Å². The first kappa shape index (κ1) is 24.1. The number of aryl methyl sites for hydroxylation is 2. The molecule has 0 unspecified atom stereocenters. The number of ether oxygens (including phenoxy) is 2. The van der Waals surface area contributed by atoms with Gasteiger partial charge < -0.3 is 14.6 Å². The summed E-state index contributed by atoms with van der Waals surface area (Å²) in [6.45, 7) is 2.59. The molecule has 0 bridgehead atoms. The van der Waals surface area contributed by atoms with Crippen molar-refractivity contribution in [3.05, 3.63) is 115 Å². The molecule has 0 amide bonds. The molecule has 0 saturated carbocycles. The normalized spacial score (nSPS) is 9.94. The number of aromatic amines is 1. The van der Waals surface area contributed by atoms with Crippen LogP contribution in [-0.2, 0) is 13.7 Å². The molecule has 1 aromatic heterocycles. The second kappa shape index (κ2) is 12.5. The number of hydrogen-bond acceptors (Lipinski definition) is 3. The molecule has 4 nitrogen and oxygen atoms in total. The molecule has 5 heteroatoms. The van der Waals surface area contributed by atoms with Crippen LogP contribution in [-0.4, -0.2) is 16.9 Å². The van der Waals surface area contributed by atoms with Crippen LogP contribution < -0.4 is 9.47 Å². The Kier molecular flexibility index (Phi) is 9.09. The van der Waals surface area contributed by atoms with Crippen LogP contribution in [0.2, 0.25) is 0 Å². The lowest BCUT2D eigenvalue weighted by atomic mass is 10.0. The summed E-state index contributed by atoms with van der Waals surface area (Å²) in [7, 11) is 3.62. The Bertz CT molecular complexity index is 1180. The largest absolute Gasteiger partial charge is 0.493 e. The maximum Gasteiger partial charge on any atom is 0.162 e. The van der Waals surface area contributed by atoms with Crippen LogP contribution in [0.3, 0.4) is 0 Å². The minimum absolute atomic E-state index is 0.498. The Labute approximate surface area is 201 Å². The van der Waals surface area contributed by atoms with Crippen LogP contribution in [0.15, 0.2) is 108 Å². The third-order valence-electron chi connectivity index (χ3n) is 4.96. The summed E-state index contributed by atoms with van der Waals surface area (Å²) in [5.41, 5.74) is 4.46. The standard InChI is InChI=1S/C22H24N2O2.C6H6S/c1-17-8-7-13-24(2)23-15-20(17)19-11-12-21(25-3)22(14-19)26-16-18-9-5-4-6-10-18;7-6-4-2-1-3-5-6/h4-15,23H,16H2,1-3H3;1-5,7H. The van der Waals surface area contributed by atoms with Crippen molar-refractivity contribution in [3.8, 4) is 22.6 Å². The second-order valence-electron chi connectivity index (χ2n) is 7.46. The Balaban J connectivity index is 0.000000374. The molecule has 0 aliphatic carbocycles. The van der Waals surface area contributed by atoms with Gasteiger partial charge in [-0.05, 0) is 53.9 Å². The number of hydrogen-bond donors (Lipinski definition) is 2. The molecule has 33 heavy (non-hydrogen) atoms. The topological polar surface area (TPSA) is 39.2 Å². The summed E-state index contributed by atoms with van der Waals surface area (Å²) in [4.78, 5) is 1.02. The molecule has 1 N–H and O–H groups in total. The lowest BCUT2D eigenvalue weighted by molar-refractivity contribution is 0.284. The molecule has 0 saturated heterocycles. The van der Waals surface area contributed by atoms with Crippen molar-refractivity contribution in [3.63, 3.8) is 0 Å². The molecule has 170 valence electrons. The average Bonchev–Trinajstić information content (AvgIpc) is 2.83. The zero-order valence-electron chi connectivity index (χ0n) is 19.2. The van der Waals surface area contributed by atoms with Crippen molar-refractivity contribution in [2.45, 2.75) is 18.4 Å². The van der Waals surface area contributed by atoms with Crippen LogP contribution in [0.25, 0.3) is 11.1 Å². The summed E-state index contributed by atoms with van der Waals surface area (Å²) >= 11 is 4.08. The smallest absolute Gasteiger partial charge is 0.162 e. The van der Waals surface area contributed by atoms with Gasteiger partial charge in [-0.25, -0.2) is 0 Å². The van der Waals surface area contributed by atoms with E-state index in [2.05, 4.69) is 30.7 Å². The van der Waals surface area contributed by atoms with Gasteiger partial charge in [0.1, 0.15) is 6.61 Å². The lowest BCUT2D eigenvalue weighted by Crippen LogP contribution is -1.98. The van der Waals surface area contributed by atoms with Crippen LogP contribution >= 0.6 is 12.6 Å². The van der Waals surface area contributed by atoms with Crippen molar-refractivity contribution in [2.24, 2.45) is 7.05 Å².